The van der Waals surface area contributed by atoms with Gasteiger partial charge in [-0.25, -0.2) is 4.79 Å². The van der Waals surface area contributed by atoms with Crippen LogP contribution in [0.1, 0.15) is 48.3 Å². The van der Waals surface area contributed by atoms with Crippen molar-refractivity contribution in [1.82, 2.24) is 0 Å². The molecule has 2 fully saturated rings. The maximum atomic E-state index is 12.8. The van der Waals surface area contributed by atoms with Gasteiger partial charge in [-0.05, 0) is 50.5 Å². The van der Waals surface area contributed by atoms with Gasteiger partial charge in [-0.3, -0.25) is 4.79 Å². The Morgan fingerprint density at radius 3 is 2.52 bits per heavy atom. The molecule has 6 nitrogen and oxygen atoms in total. The molecular formula is C18H22NO5S-. The van der Waals surface area contributed by atoms with E-state index in [-0.39, 0.29) is 24.3 Å². The van der Waals surface area contributed by atoms with Gasteiger partial charge in [0.1, 0.15) is 5.00 Å². The van der Waals surface area contributed by atoms with E-state index in [1.165, 1.54) is 11.3 Å². The number of ether oxygens (including phenoxy) is 1. The normalized spacial score (nSPS) is 27.3. The lowest BCUT2D eigenvalue weighted by Gasteiger charge is -2.30. The van der Waals surface area contributed by atoms with E-state index in [1.807, 2.05) is 6.92 Å². The van der Waals surface area contributed by atoms with Crippen LogP contribution in [-0.4, -0.2) is 24.5 Å². The van der Waals surface area contributed by atoms with Crippen LogP contribution >= 0.6 is 11.3 Å². The first-order valence-corrected chi connectivity index (χ1v) is 9.59. The SMILES string of the molecule is CCOC(=O)c1cc(CC)sc1NC(=O)[C@@H]1[C@@H]2CC[C@@H](C2)[C@@H]1C(=O)[O-]. The summed E-state index contributed by atoms with van der Waals surface area (Å²) in [4.78, 5) is 37.4. The molecule has 3 rings (SSSR count). The summed E-state index contributed by atoms with van der Waals surface area (Å²) >= 11 is 1.33. The predicted octanol–water partition coefficient (Wildman–Crippen LogP) is 1.84. The molecule has 25 heavy (non-hydrogen) atoms. The second-order valence-corrected chi connectivity index (χ2v) is 7.86. The molecule has 1 amide bonds. The number of thiophene rings is 1. The number of aliphatic carboxylic acids is 1. The lowest BCUT2D eigenvalue weighted by Crippen LogP contribution is -2.44. The van der Waals surface area contributed by atoms with Crippen molar-refractivity contribution in [2.45, 2.75) is 39.5 Å². The van der Waals surface area contributed by atoms with E-state index >= 15 is 0 Å². The number of carboxylic acids is 1. The Bertz CT molecular complexity index is 698. The third-order valence-corrected chi connectivity index (χ3v) is 6.55. The number of carboxylic acid groups (broad SMARTS) is 1. The van der Waals surface area contributed by atoms with Gasteiger partial charge in [0.25, 0.3) is 0 Å². The number of carbonyl (C=O) groups is 3. The summed E-state index contributed by atoms with van der Waals surface area (Å²) in [6.45, 7) is 3.94. The number of rotatable bonds is 6. The summed E-state index contributed by atoms with van der Waals surface area (Å²) in [5, 5.41) is 14.8. The molecule has 2 saturated carbocycles. The van der Waals surface area contributed by atoms with E-state index in [9.17, 15) is 19.5 Å². The Hall–Kier alpha value is -1.89. The highest BCUT2D eigenvalue weighted by Crippen LogP contribution is 2.52. The summed E-state index contributed by atoms with van der Waals surface area (Å²) in [6.07, 6.45) is 3.23. The fourth-order valence-electron chi connectivity index (χ4n) is 4.27. The minimum atomic E-state index is -1.14. The number of amides is 1. The zero-order valence-electron chi connectivity index (χ0n) is 14.4. The van der Waals surface area contributed by atoms with Gasteiger partial charge in [0.15, 0.2) is 0 Å². The Labute approximate surface area is 150 Å². The maximum Gasteiger partial charge on any atom is 0.341 e. The minimum Gasteiger partial charge on any atom is -0.550 e. The molecule has 0 radical (unpaired) electrons. The molecule has 2 aliphatic rings. The van der Waals surface area contributed by atoms with Crippen molar-refractivity contribution in [2.24, 2.45) is 23.7 Å². The fraction of sp³-hybridized carbons (Fsp3) is 0.611. The third-order valence-electron chi connectivity index (χ3n) is 5.35. The van der Waals surface area contributed by atoms with Crippen LogP contribution in [0, 0.1) is 23.7 Å². The lowest BCUT2D eigenvalue weighted by atomic mass is 9.79. The first-order chi connectivity index (χ1) is 12.0. The van der Waals surface area contributed by atoms with E-state index in [0.29, 0.717) is 10.6 Å². The second-order valence-electron chi connectivity index (χ2n) is 6.72. The molecule has 1 aromatic heterocycles. The van der Waals surface area contributed by atoms with Gasteiger partial charge in [-0.1, -0.05) is 6.92 Å². The molecule has 7 heteroatoms. The molecule has 1 N–H and O–H groups in total. The van der Waals surface area contributed by atoms with Crippen molar-refractivity contribution in [3.8, 4) is 0 Å². The molecule has 1 heterocycles. The predicted molar refractivity (Wildman–Crippen MR) is 91.1 cm³/mol. The van der Waals surface area contributed by atoms with Crippen LogP contribution in [0.5, 0.6) is 0 Å². The quantitative estimate of drug-likeness (QED) is 0.777. The first-order valence-electron chi connectivity index (χ1n) is 8.77. The molecule has 0 aromatic carbocycles. The summed E-state index contributed by atoms with van der Waals surface area (Å²) < 4.78 is 5.05. The number of esters is 1. The van der Waals surface area contributed by atoms with Gasteiger partial charge < -0.3 is 20.0 Å². The minimum absolute atomic E-state index is 0.0322. The highest BCUT2D eigenvalue weighted by atomic mass is 32.1. The third kappa shape index (κ3) is 3.29. The van der Waals surface area contributed by atoms with Crippen LogP contribution in [0.2, 0.25) is 0 Å². The van der Waals surface area contributed by atoms with Gasteiger partial charge >= 0.3 is 5.97 Å². The van der Waals surface area contributed by atoms with Gasteiger partial charge in [0.2, 0.25) is 5.91 Å². The summed E-state index contributed by atoms with van der Waals surface area (Å²) in [6, 6.07) is 1.73. The molecule has 0 aliphatic heterocycles. The molecule has 0 spiro atoms. The largest absolute Gasteiger partial charge is 0.550 e. The average Bonchev–Trinajstić information content (AvgIpc) is 3.28. The van der Waals surface area contributed by atoms with Gasteiger partial charge in [0, 0.05) is 22.7 Å². The Kier molecular flexibility index (Phi) is 5.13. The molecular weight excluding hydrogens is 342 g/mol. The van der Waals surface area contributed by atoms with E-state index in [4.69, 9.17) is 4.74 Å². The van der Waals surface area contributed by atoms with Crippen molar-refractivity contribution in [1.29, 1.82) is 0 Å². The smallest absolute Gasteiger partial charge is 0.341 e. The molecule has 2 aliphatic carbocycles. The summed E-state index contributed by atoms with van der Waals surface area (Å²) in [7, 11) is 0. The number of anilines is 1. The molecule has 1 aromatic rings. The number of aryl methyl sites for hydroxylation is 1. The monoisotopic (exact) mass is 364 g/mol. The summed E-state index contributed by atoms with van der Waals surface area (Å²) in [5.41, 5.74) is 0.338. The Balaban J connectivity index is 1.82. The standard InChI is InChI=1S/C18H23NO5S/c1-3-11-8-12(18(23)24-4-2)16(25-11)19-15(20)13-9-5-6-10(7-9)14(13)17(21)22/h8-10,13-14H,3-7H2,1-2H3,(H,19,20)(H,21,22)/p-1/t9-,10+,13-,14+/m1/s1. The molecule has 2 bridgehead atoms. The molecule has 0 unspecified atom stereocenters. The lowest BCUT2D eigenvalue weighted by molar-refractivity contribution is -0.314. The topological polar surface area (TPSA) is 95.5 Å². The number of carbonyl (C=O) groups excluding carboxylic acids is 3. The highest BCUT2D eigenvalue weighted by molar-refractivity contribution is 7.16. The van der Waals surface area contributed by atoms with Crippen LogP contribution in [0.4, 0.5) is 5.00 Å². The van der Waals surface area contributed by atoms with Crippen LogP contribution in [0.25, 0.3) is 0 Å². The fourth-order valence-corrected chi connectivity index (χ4v) is 5.26. The number of hydrogen-bond donors (Lipinski definition) is 1. The van der Waals surface area contributed by atoms with E-state index in [2.05, 4.69) is 5.32 Å². The number of nitrogens with one attached hydrogen (secondary N) is 1. The van der Waals surface area contributed by atoms with Crippen LogP contribution in [0.3, 0.4) is 0 Å². The Morgan fingerprint density at radius 1 is 1.24 bits per heavy atom. The van der Waals surface area contributed by atoms with Crippen molar-refractivity contribution in [2.75, 3.05) is 11.9 Å². The van der Waals surface area contributed by atoms with Crippen molar-refractivity contribution >= 4 is 34.2 Å². The molecule has 0 saturated heterocycles. The van der Waals surface area contributed by atoms with E-state index in [0.717, 1.165) is 30.6 Å². The van der Waals surface area contributed by atoms with E-state index < -0.39 is 23.8 Å². The number of fused-ring (bicyclic) bond motifs is 2. The molecule has 4 atom stereocenters. The van der Waals surface area contributed by atoms with Crippen LogP contribution in [-0.2, 0) is 20.7 Å². The average molecular weight is 364 g/mol. The van der Waals surface area contributed by atoms with Gasteiger partial charge in [0.05, 0.1) is 12.2 Å². The van der Waals surface area contributed by atoms with Crippen molar-refractivity contribution in [3.05, 3.63) is 16.5 Å². The number of hydrogen-bond acceptors (Lipinski definition) is 6. The van der Waals surface area contributed by atoms with Gasteiger partial charge in [-0.2, -0.15) is 0 Å². The van der Waals surface area contributed by atoms with E-state index in [1.54, 1.807) is 13.0 Å². The zero-order valence-corrected chi connectivity index (χ0v) is 15.2. The molecule has 136 valence electrons. The van der Waals surface area contributed by atoms with Crippen LogP contribution < -0.4 is 10.4 Å². The maximum absolute atomic E-state index is 12.8. The first kappa shape index (κ1) is 17.9. The summed E-state index contributed by atoms with van der Waals surface area (Å²) in [5.74, 6) is -3.12. The second kappa shape index (κ2) is 7.15. The van der Waals surface area contributed by atoms with Crippen molar-refractivity contribution in [3.63, 3.8) is 0 Å². The van der Waals surface area contributed by atoms with Gasteiger partial charge in [-0.15, -0.1) is 11.3 Å². The van der Waals surface area contributed by atoms with Crippen molar-refractivity contribution < 1.29 is 24.2 Å². The Morgan fingerprint density at radius 2 is 1.92 bits per heavy atom. The highest BCUT2D eigenvalue weighted by Gasteiger charge is 2.51. The zero-order chi connectivity index (χ0) is 18.1. The van der Waals surface area contributed by atoms with Crippen LogP contribution in [0.15, 0.2) is 6.07 Å².